The number of hydrogen-bond donors (Lipinski definition) is 1. The minimum atomic E-state index is 0.453. The molecule has 18 heavy (non-hydrogen) atoms. The van der Waals surface area contributed by atoms with Gasteiger partial charge in [-0.25, -0.2) is 0 Å². The molecule has 2 heterocycles. The molecule has 1 aromatic heterocycles. The Hall–Kier alpha value is -0.420. The minimum Gasteiger partial charge on any atom is -0.309 e. The van der Waals surface area contributed by atoms with Crippen LogP contribution in [-0.2, 0) is 0 Å². The molecule has 2 unspecified atom stereocenters. The highest BCUT2D eigenvalue weighted by molar-refractivity contribution is 7.10. The van der Waals surface area contributed by atoms with E-state index in [1.165, 1.54) is 17.0 Å². The van der Waals surface area contributed by atoms with Crippen LogP contribution in [0.2, 0.25) is 0 Å². The number of likely N-dealkylation sites (N-methyl/N-ethyl adjacent to an activating group) is 3. The van der Waals surface area contributed by atoms with Crippen molar-refractivity contribution in [3.8, 4) is 0 Å². The standard InChI is InChI=1S/C14H25N3S/c1-5-15-14(12-6-9-18-11(12)2)13-10-16(3)7-8-17(13)4/h6,9,13-15H,5,7-8,10H2,1-4H3. The number of hydrogen-bond acceptors (Lipinski definition) is 4. The van der Waals surface area contributed by atoms with Crippen molar-refractivity contribution < 1.29 is 0 Å². The van der Waals surface area contributed by atoms with Crippen molar-refractivity contribution in [2.75, 3.05) is 40.3 Å². The van der Waals surface area contributed by atoms with E-state index in [9.17, 15) is 0 Å². The fourth-order valence-corrected chi connectivity index (χ4v) is 3.54. The first kappa shape index (κ1) is 14.0. The Labute approximate surface area is 115 Å². The van der Waals surface area contributed by atoms with Gasteiger partial charge < -0.3 is 10.2 Å². The van der Waals surface area contributed by atoms with E-state index in [1.54, 1.807) is 0 Å². The molecule has 1 aliphatic heterocycles. The molecule has 1 N–H and O–H groups in total. The third-order valence-corrected chi connectivity index (χ3v) is 4.80. The molecule has 0 aromatic carbocycles. The predicted molar refractivity (Wildman–Crippen MR) is 79.4 cm³/mol. The van der Waals surface area contributed by atoms with Gasteiger partial charge >= 0.3 is 0 Å². The van der Waals surface area contributed by atoms with Gasteiger partial charge in [0.1, 0.15) is 0 Å². The summed E-state index contributed by atoms with van der Waals surface area (Å²) in [6.45, 7) is 8.93. The molecule has 0 amide bonds. The van der Waals surface area contributed by atoms with E-state index >= 15 is 0 Å². The van der Waals surface area contributed by atoms with Gasteiger partial charge in [-0.2, -0.15) is 0 Å². The summed E-state index contributed by atoms with van der Waals surface area (Å²) in [6.07, 6.45) is 0. The van der Waals surface area contributed by atoms with Crippen molar-refractivity contribution in [1.29, 1.82) is 0 Å². The molecule has 4 heteroatoms. The lowest BCUT2D eigenvalue weighted by molar-refractivity contribution is 0.0880. The topological polar surface area (TPSA) is 18.5 Å². The van der Waals surface area contributed by atoms with Crippen LogP contribution in [0, 0.1) is 6.92 Å². The van der Waals surface area contributed by atoms with Crippen LogP contribution in [0.25, 0.3) is 0 Å². The average Bonchev–Trinajstić information content (AvgIpc) is 2.76. The van der Waals surface area contributed by atoms with E-state index in [-0.39, 0.29) is 0 Å². The third-order valence-electron chi connectivity index (χ3n) is 3.94. The molecule has 3 nitrogen and oxygen atoms in total. The summed E-state index contributed by atoms with van der Waals surface area (Å²) in [4.78, 5) is 6.39. The van der Waals surface area contributed by atoms with E-state index in [1.807, 2.05) is 11.3 Å². The lowest BCUT2D eigenvalue weighted by Crippen LogP contribution is -2.55. The minimum absolute atomic E-state index is 0.453. The maximum absolute atomic E-state index is 3.68. The summed E-state index contributed by atoms with van der Waals surface area (Å²) >= 11 is 1.85. The van der Waals surface area contributed by atoms with Gasteiger partial charge in [0, 0.05) is 30.6 Å². The van der Waals surface area contributed by atoms with Crippen LogP contribution in [0.15, 0.2) is 11.4 Å². The monoisotopic (exact) mass is 267 g/mol. The van der Waals surface area contributed by atoms with Crippen molar-refractivity contribution >= 4 is 11.3 Å². The zero-order valence-electron chi connectivity index (χ0n) is 11.9. The maximum atomic E-state index is 3.68. The Bertz CT molecular complexity index is 377. The number of nitrogens with one attached hydrogen (secondary N) is 1. The summed E-state index contributed by atoms with van der Waals surface area (Å²) in [7, 11) is 4.48. The van der Waals surface area contributed by atoms with Gasteiger partial charge in [-0.05, 0) is 44.6 Å². The zero-order chi connectivity index (χ0) is 13.1. The second-order valence-corrected chi connectivity index (χ2v) is 6.40. The Balaban J connectivity index is 2.21. The summed E-state index contributed by atoms with van der Waals surface area (Å²) in [6, 6.07) is 3.31. The van der Waals surface area contributed by atoms with Gasteiger partial charge in [0.25, 0.3) is 0 Å². The van der Waals surface area contributed by atoms with Crippen LogP contribution >= 0.6 is 11.3 Å². The van der Waals surface area contributed by atoms with Crippen LogP contribution < -0.4 is 5.32 Å². The first-order valence-corrected chi connectivity index (χ1v) is 7.67. The fourth-order valence-electron chi connectivity index (χ4n) is 2.79. The van der Waals surface area contributed by atoms with Gasteiger partial charge in [0.15, 0.2) is 0 Å². The van der Waals surface area contributed by atoms with Gasteiger partial charge in [-0.1, -0.05) is 6.92 Å². The van der Waals surface area contributed by atoms with E-state index < -0.39 is 0 Å². The van der Waals surface area contributed by atoms with Crippen molar-refractivity contribution in [2.45, 2.75) is 25.9 Å². The smallest absolute Gasteiger partial charge is 0.0501 e. The van der Waals surface area contributed by atoms with Crippen LogP contribution in [0.1, 0.15) is 23.4 Å². The van der Waals surface area contributed by atoms with Crippen molar-refractivity contribution in [3.05, 3.63) is 21.9 Å². The SMILES string of the molecule is CCNC(c1ccsc1C)C1CN(C)CCN1C. The van der Waals surface area contributed by atoms with Crippen LogP contribution in [0.4, 0.5) is 0 Å². The number of rotatable bonds is 4. The molecule has 0 spiro atoms. The van der Waals surface area contributed by atoms with E-state index in [0.29, 0.717) is 12.1 Å². The first-order valence-electron chi connectivity index (χ1n) is 6.79. The quantitative estimate of drug-likeness (QED) is 0.899. The lowest BCUT2D eigenvalue weighted by Gasteiger charge is -2.42. The molecule has 1 aliphatic rings. The molecule has 0 saturated carbocycles. The van der Waals surface area contributed by atoms with Crippen LogP contribution in [0.5, 0.6) is 0 Å². The summed E-state index contributed by atoms with van der Waals surface area (Å²) in [5.74, 6) is 0. The number of thiophene rings is 1. The Morgan fingerprint density at radius 3 is 2.83 bits per heavy atom. The average molecular weight is 267 g/mol. The molecule has 2 atom stereocenters. The third kappa shape index (κ3) is 2.94. The first-order chi connectivity index (χ1) is 8.63. The van der Waals surface area contributed by atoms with E-state index in [2.05, 4.69) is 54.5 Å². The molecule has 1 saturated heterocycles. The van der Waals surface area contributed by atoms with Gasteiger partial charge in [-0.3, -0.25) is 4.90 Å². The van der Waals surface area contributed by atoms with Gasteiger partial charge in [0.05, 0.1) is 6.04 Å². The molecular weight excluding hydrogens is 242 g/mol. The Morgan fingerprint density at radius 2 is 2.22 bits per heavy atom. The molecule has 102 valence electrons. The number of piperazine rings is 1. The molecule has 2 rings (SSSR count). The Morgan fingerprint density at radius 1 is 1.44 bits per heavy atom. The maximum Gasteiger partial charge on any atom is 0.0501 e. The van der Waals surface area contributed by atoms with Gasteiger partial charge in [0.2, 0.25) is 0 Å². The number of aryl methyl sites for hydroxylation is 1. The summed E-state index contributed by atoms with van der Waals surface area (Å²) in [5, 5.41) is 5.89. The molecule has 0 radical (unpaired) electrons. The van der Waals surface area contributed by atoms with Gasteiger partial charge in [-0.15, -0.1) is 11.3 Å². The van der Waals surface area contributed by atoms with E-state index in [0.717, 1.165) is 19.6 Å². The van der Waals surface area contributed by atoms with Crippen LogP contribution in [-0.4, -0.2) is 56.1 Å². The highest BCUT2D eigenvalue weighted by Gasteiger charge is 2.31. The highest BCUT2D eigenvalue weighted by atomic mass is 32.1. The summed E-state index contributed by atoms with van der Waals surface area (Å²) in [5.41, 5.74) is 1.48. The highest BCUT2D eigenvalue weighted by Crippen LogP contribution is 2.28. The fraction of sp³-hybridized carbons (Fsp3) is 0.714. The second kappa shape index (κ2) is 6.15. The Kier molecular flexibility index (Phi) is 4.78. The molecular formula is C14H25N3S. The lowest BCUT2D eigenvalue weighted by atomic mass is 9.97. The summed E-state index contributed by atoms with van der Waals surface area (Å²) < 4.78 is 0. The molecule has 1 fully saturated rings. The molecule has 1 aromatic rings. The van der Waals surface area contributed by atoms with E-state index in [4.69, 9.17) is 0 Å². The van der Waals surface area contributed by atoms with Crippen LogP contribution in [0.3, 0.4) is 0 Å². The van der Waals surface area contributed by atoms with Crippen molar-refractivity contribution in [1.82, 2.24) is 15.1 Å². The normalized spacial score (nSPS) is 24.3. The molecule has 0 aliphatic carbocycles. The van der Waals surface area contributed by atoms with Crippen molar-refractivity contribution in [2.24, 2.45) is 0 Å². The molecule has 0 bridgehead atoms. The predicted octanol–water partition coefficient (Wildman–Crippen LogP) is 1.95. The zero-order valence-corrected chi connectivity index (χ0v) is 12.8. The van der Waals surface area contributed by atoms with Crippen molar-refractivity contribution in [3.63, 3.8) is 0 Å². The second-order valence-electron chi connectivity index (χ2n) is 5.28. The largest absolute Gasteiger partial charge is 0.309 e. The number of nitrogens with zero attached hydrogens (tertiary/aromatic N) is 2.